The standard InChI is InChI=1S/C16H20N2OS2/c19-16(15-9-14-13(21-15)6-8-20-14)18(12-4-5-12)10-11-3-1-2-7-17-11/h6,8-9,11-12,17H,1-5,7,10H2. The average Bonchev–Trinajstić information content (AvgIpc) is 3.11. The van der Waals surface area contributed by atoms with Gasteiger partial charge in [-0.3, -0.25) is 4.79 Å². The van der Waals surface area contributed by atoms with Crippen LogP contribution in [0.2, 0.25) is 0 Å². The van der Waals surface area contributed by atoms with E-state index in [0.29, 0.717) is 12.1 Å². The molecule has 1 saturated carbocycles. The Labute approximate surface area is 133 Å². The number of thiophene rings is 2. The summed E-state index contributed by atoms with van der Waals surface area (Å²) < 4.78 is 2.49. The number of piperidine rings is 1. The fourth-order valence-corrected chi connectivity index (χ4v) is 5.18. The van der Waals surface area contributed by atoms with Crippen LogP contribution in [0.25, 0.3) is 9.40 Å². The molecule has 112 valence electrons. The molecule has 1 atom stereocenters. The minimum atomic E-state index is 0.248. The van der Waals surface area contributed by atoms with Crippen LogP contribution in [-0.4, -0.2) is 36.0 Å². The highest BCUT2D eigenvalue weighted by atomic mass is 32.1. The molecule has 2 aromatic rings. The predicted octanol–water partition coefficient (Wildman–Crippen LogP) is 3.71. The van der Waals surface area contributed by atoms with E-state index < -0.39 is 0 Å². The van der Waals surface area contributed by atoms with Gasteiger partial charge in [-0.15, -0.1) is 22.7 Å². The molecule has 2 fully saturated rings. The first-order valence-corrected chi connectivity index (χ1v) is 9.52. The highest BCUT2D eigenvalue weighted by Gasteiger charge is 2.35. The summed E-state index contributed by atoms with van der Waals surface area (Å²) in [6, 6.07) is 5.17. The van der Waals surface area contributed by atoms with Crippen molar-refractivity contribution in [2.45, 2.75) is 44.2 Å². The lowest BCUT2D eigenvalue weighted by molar-refractivity contribution is 0.0723. The number of fused-ring (bicyclic) bond motifs is 1. The third-order valence-corrected chi connectivity index (χ3v) is 6.51. The monoisotopic (exact) mass is 320 g/mol. The van der Waals surface area contributed by atoms with Gasteiger partial charge in [-0.05, 0) is 49.7 Å². The Morgan fingerprint density at radius 3 is 2.90 bits per heavy atom. The van der Waals surface area contributed by atoms with E-state index in [9.17, 15) is 4.79 Å². The van der Waals surface area contributed by atoms with Gasteiger partial charge in [0.15, 0.2) is 0 Å². The molecule has 3 heterocycles. The van der Waals surface area contributed by atoms with Crippen LogP contribution in [0.4, 0.5) is 0 Å². The SMILES string of the molecule is O=C(c1cc2sccc2s1)N(CC1CCCCN1)C1CC1. The van der Waals surface area contributed by atoms with Gasteiger partial charge in [0.25, 0.3) is 5.91 Å². The van der Waals surface area contributed by atoms with Crippen molar-refractivity contribution in [3.8, 4) is 0 Å². The third-order valence-electron chi connectivity index (χ3n) is 4.43. The van der Waals surface area contributed by atoms with E-state index in [4.69, 9.17) is 0 Å². The van der Waals surface area contributed by atoms with Gasteiger partial charge in [0.1, 0.15) is 0 Å². The number of carbonyl (C=O) groups is 1. The zero-order valence-electron chi connectivity index (χ0n) is 12.0. The van der Waals surface area contributed by atoms with Gasteiger partial charge in [-0.1, -0.05) is 6.42 Å². The molecular formula is C16H20N2OS2. The zero-order valence-corrected chi connectivity index (χ0v) is 13.6. The number of nitrogens with one attached hydrogen (secondary N) is 1. The Morgan fingerprint density at radius 1 is 1.29 bits per heavy atom. The fourth-order valence-electron chi connectivity index (χ4n) is 3.11. The molecule has 0 spiro atoms. The molecule has 4 rings (SSSR count). The Bertz CT molecular complexity index is 609. The summed E-state index contributed by atoms with van der Waals surface area (Å²) in [6.07, 6.45) is 6.13. The highest BCUT2D eigenvalue weighted by molar-refractivity contribution is 7.27. The second-order valence-electron chi connectivity index (χ2n) is 6.10. The minimum absolute atomic E-state index is 0.248. The van der Waals surface area contributed by atoms with Crippen molar-refractivity contribution in [3.05, 3.63) is 22.4 Å². The van der Waals surface area contributed by atoms with E-state index in [2.05, 4.69) is 27.7 Å². The van der Waals surface area contributed by atoms with Crippen LogP contribution in [0.5, 0.6) is 0 Å². The van der Waals surface area contributed by atoms with E-state index in [1.807, 2.05) is 0 Å². The Hall–Kier alpha value is -0.910. The first kappa shape index (κ1) is 13.7. The van der Waals surface area contributed by atoms with E-state index in [0.717, 1.165) is 18.0 Å². The number of hydrogen-bond donors (Lipinski definition) is 1. The van der Waals surface area contributed by atoms with Crippen LogP contribution in [0, 0.1) is 0 Å². The minimum Gasteiger partial charge on any atom is -0.333 e. The molecule has 21 heavy (non-hydrogen) atoms. The maximum Gasteiger partial charge on any atom is 0.264 e. The van der Waals surface area contributed by atoms with Crippen LogP contribution in [0.15, 0.2) is 17.5 Å². The van der Waals surface area contributed by atoms with Crippen LogP contribution >= 0.6 is 22.7 Å². The molecule has 1 N–H and O–H groups in total. The Balaban J connectivity index is 1.52. The molecule has 1 amide bonds. The van der Waals surface area contributed by atoms with Crippen molar-refractivity contribution >= 4 is 38.0 Å². The summed E-state index contributed by atoms with van der Waals surface area (Å²) in [4.78, 5) is 15.9. The molecule has 1 aliphatic carbocycles. The van der Waals surface area contributed by atoms with E-state index >= 15 is 0 Å². The molecule has 0 bridgehead atoms. The molecular weight excluding hydrogens is 300 g/mol. The molecule has 3 nitrogen and oxygen atoms in total. The largest absolute Gasteiger partial charge is 0.333 e. The van der Waals surface area contributed by atoms with Gasteiger partial charge >= 0.3 is 0 Å². The molecule has 1 saturated heterocycles. The van der Waals surface area contributed by atoms with Crippen molar-refractivity contribution in [1.82, 2.24) is 10.2 Å². The average molecular weight is 320 g/mol. The quantitative estimate of drug-likeness (QED) is 0.931. The number of nitrogens with zero attached hydrogens (tertiary/aromatic N) is 1. The van der Waals surface area contributed by atoms with Crippen LogP contribution < -0.4 is 5.32 Å². The normalized spacial score (nSPS) is 22.6. The van der Waals surface area contributed by atoms with Gasteiger partial charge in [0.2, 0.25) is 0 Å². The van der Waals surface area contributed by atoms with E-state index in [-0.39, 0.29) is 5.91 Å². The van der Waals surface area contributed by atoms with Gasteiger partial charge in [0.05, 0.1) is 4.88 Å². The van der Waals surface area contributed by atoms with Crippen LogP contribution in [0.3, 0.4) is 0 Å². The van der Waals surface area contributed by atoms with Gasteiger partial charge in [-0.2, -0.15) is 0 Å². The summed E-state index contributed by atoms with van der Waals surface area (Å²) in [5, 5.41) is 5.67. The lowest BCUT2D eigenvalue weighted by atomic mass is 10.0. The van der Waals surface area contributed by atoms with Crippen LogP contribution in [-0.2, 0) is 0 Å². The van der Waals surface area contributed by atoms with Crippen molar-refractivity contribution < 1.29 is 4.79 Å². The molecule has 2 aliphatic rings. The smallest absolute Gasteiger partial charge is 0.264 e. The molecule has 0 aromatic carbocycles. The van der Waals surface area contributed by atoms with Crippen molar-refractivity contribution in [3.63, 3.8) is 0 Å². The predicted molar refractivity (Wildman–Crippen MR) is 89.4 cm³/mol. The first-order valence-electron chi connectivity index (χ1n) is 7.82. The topological polar surface area (TPSA) is 32.3 Å². The fraction of sp³-hybridized carbons (Fsp3) is 0.562. The van der Waals surface area contributed by atoms with Crippen molar-refractivity contribution in [2.24, 2.45) is 0 Å². The second-order valence-corrected chi connectivity index (χ2v) is 8.13. The van der Waals surface area contributed by atoms with Crippen LogP contribution in [0.1, 0.15) is 41.8 Å². The third kappa shape index (κ3) is 2.87. The summed E-state index contributed by atoms with van der Waals surface area (Å²) in [7, 11) is 0. The van der Waals surface area contributed by atoms with E-state index in [1.54, 1.807) is 22.7 Å². The maximum atomic E-state index is 12.9. The lowest BCUT2D eigenvalue weighted by Gasteiger charge is -2.30. The summed E-state index contributed by atoms with van der Waals surface area (Å²) in [6.45, 7) is 1.99. The number of rotatable bonds is 4. The highest BCUT2D eigenvalue weighted by Crippen LogP contribution is 2.34. The maximum absolute atomic E-state index is 12.9. The zero-order chi connectivity index (χ0) is 14.2. The number of carbonyl (C=O) groups excluding carboxylic acids is 1. The lowest BCUT2D eigenvalue weighted by Crippen LogP contribution is -2.46. The molecule has 2 aromatic heterocycles. The van der Waals surface area contributed by atoms with E-state index in [1.165, 1.54) is 41.5 Å². The summed E-state index contributed by atoms with van der Waals surface area (Å²) in [5.41, 5.74) is 0. The van der Waals surface area contributed by atoms with Gasteiger partial charge < -0.3 is 10.2 Å². The molecule has 0 radical (unpaired) electrons. The van der Waals surface area contributed by atoms with Crippen molar-refractivity contribution in [2.75, 3.05) is 13.1 Å². The molecule has 5 heteroatoms. The first-order chi connectivity index (χ1) is 10.3. The van der Waals surface area contributed by atoms with Gasteiger partial charge in [0, 0.05) is 28.0 Å². The summed E-state index contributed by atoms with van der Waals surface area (Å²) in [5.74, 6) is 0.248. The Morgan fingerprint density at radius 2 is 2.19 bits per heavy atom. The second kappa shape index (κ2) is 5.71. The van der Waals surface area contributed by atoms with Crippen molar-refractivity contribution in [1.29, 1.82) is 0 Å². The van der Waals surface area contributed by atoms with Gasteiger partial charge in [-0.25, -0.2) is 0 Å². The number of amides is 1. The number of hydrogen-bond acceptors (Lipinski definition) is 4. The summed E-state index contributed by atoms with van der Waals surface area (Å²) >= 11 is 3.37. The molecule has 1 unspecified atom stereocenters. The molecule has 1 aliphatic heterocycles. The Kier molecular flexibility index (Phi) is 3.73.